The molecule has 0 unspecified atom stereocenters. The number of hydrogen-bond acceptors (Lipinski definition) is 5. The first-order valence-electron chi connectivity index (χ1n) is 8.81. The maximum atomic E-state index is 14.1. The second-order valence-electron chi connectivity index (χ2n) is 7.44. The number of aromatic hydroxyl groups is 1. The second-order valence-corrected chi connectivity index (χ2v) is 7.88. The SMILES string of the molecule is CC(C)(Cc1ccc(Cl)cc1F)NC[C@H](O)c1cc(O)cc2c1OCC(=O)N2. The number of fused-ring (bicyclic) bond motifs is 1. The van der Waals surface area contributed by atoms with Gasteiger partial charge >= 0.3 is 0 Å². The number of halogens is 2. The lowest BCUT2D eigenvalue weighted by atomic mass is 9.94. The highest BCUT2D eigenvalue weighted by molar-refractivity contribution is 6.30. The van der Waals surface area contributed by atoms with Gasteiger partial charge in [0.2, 0.25) is 0 Å². The molecule has 28 heavy (non-hydrogen) atoms. The minimum absolute atomic E-state index is 0.0962. The second kappa shape index (κ2) is 7.95. The predicted octanol–water partition coefficient (Wildman–Crippen LogP) is 3.16. The highest BCUT2D eigenvalue weighted by Crippen LogP contribution is 2.38. The summed E-state index contributed by atoms with van der Waals surface area (Å²) in [5, 5.41) is 26.7. The third-order valence-corrected chi connectivity index (χ3v) is 4.74. The number of rotatable bonds is 6. The van der Waals surface area contributed by atoms with E-state index < -0.39 is 11.6 Å². The van der Waals surface area contributed by atoms with Gasteiger partial charge in [0, 0.05) is 28.7 Å². The van der Waals surface area contributed by atoms with E-state index in [0.717, 1.165) is 0 Å². The van der Waals surface area contributed by atoms with E-state index in [1.54, 1.807) is 12.1 Å². The molecule has 150 valence electrons. The van der Waals surface area contributed by atoms with Crippen molar-refractivity contribution < 1.29 is 24.1 Å². The number of aliphatic hydroxyl groups excluding tert-OH is 1. The summed E-state index contributed by atoms with van der Waals surface area (Å²) in [6, 6.07) is 7.31. The molecule has 0 saturated heterocycles. The third kappa shape index (κ3) is 4.73. The largest absolute Gasteiger partial charge is 0.508 e. The zero-order valence-corrected chi connectivity index (χ0v) is 16.3. The van der Waals surface area contributed by atoms with Crippen molar-refractivity contribution in [3.05, 3.63) is 52.3 Å². The van der Waals surface area contributed by atoms with E-state index in [1.165, 1.54) is 18.2 Å². The van der Waals surface area contributed by atoms with Gasteiger partial charge in [-0.1, -0.05) is 17.7 Å². The Labute approximate surface area is 167 Å². The lowest BCUT2D eigenvalue weighted by Gasteiger charge is -2.29. The van der Waals surface area contributed by atoms with E-state index in [0.29, 0.717) is 34.0 Å². The van der Waals surface area contributed by atoms with Gasteiger partial charge in [-0.15, -0.1) is 0 Å². The zero-order valence-electron chi connectivity index (χ0n) is 15.6. The Morgan fingerprint density at radius 2 is 2.11 bits per heavy atom. The average Bonchev–Trinajstić information content (AvgIpc) is 2.61. The quantitative estimate of drug-likeness (QED) is 0.589. The van der Waals surface area contributed by atoms with Crippen LogP contribution in [0.25, 0.3) is 0 Å². The maximum Gasteiger partial charge on any atom is 0.262 e. The minimum Gasteiger partial charge on any atom is -0.508 e. The van der Waals surface area contributed by atoms with Crippen LogP contribution >= 0.6 is 11.6 Å². The van der Waals surface area contributed by atoms with E-state index in [-0.39, 0.29) is 30.6 Å². The van der Waals surface area contributed by atoms with Crippen molar-refractivity contribution >= 4 is 23.2 Å². The molecule has 2 aromatic rings. The van der Waals surface area contributed by atoms with E-state index in [1.807, 2.05) is 13.8 Å². The number of β-amino-alcohol motifs (C(OH)–C–C–N with tert-alkyl or cyclic N) is 1. The number of phenols is 1. The Hall–Kier alpha value is -2.35. The molecule has 0 fully saturated rings. The molecule has 0 saturated carbocycles. The van der Waals surface area contributed by atoms with Crippen molar-refractivity contribution in [2.45, 2.75) is 31.9 Å². The number of anilines is 1. The average molecular weight is 409 g/mol. The summed E-state index contributed by atoms with van der Waals surface area (Å²) in [5.74, 6) is -0.480. The minimum atomic E-state index is -1.01. The van der Waals surface area contributed by atoms with Crippen LogP contribution in [0.1, 0.15) is 31.1 Å². The summed E-state index contributed by atoms with van der Waals surface area (Å²) in [4.78, 5) is 11.5. The molecular weight excluding hydrogens is 387 g/mol. The molecule has 0 aliphatic carbocycles. The molecule has 2 aromatic carbocycles. The topological polar surface area (TPSA) is 90.8 Å². The predicted molar refractivity (Wildman–Crippen MR) is 104 cm³/mol. The van der Waals surface area contributed by atoms with Gasteiger partial charge in [-0.25, -0.2) is 4.39 Å². The van der Waals surface area contributed by atoms with Gasteiger partial charge in [0.15, 0.2) is 6.61 Å². The highest BCUT2D eigenvalue weighted by Gasteiger charge is 2.26. The van der Waals surface area contributed by atoms with Crippen LogP contribution in [-0.2, 0) is 11.2 Å². The molecule has 3 rings (SSSR count). The van der Waals surface area contributed by atoms with Gasteiger partial charge in [-0.2, -0.15) is 0 Å². The Balaban J connectivity index is 1.71. The number of phenolic OH excluding ortho intramolecular Hbond substituents is 1. The summed E-state index contributed by atoms with van der Waals surface area (Å²) in [7, 11) is 0. The zero-order chi connectivity index (χ0) is 20.5. The number of carbonyl (C=O) groups is 1. The Bertz CT molecular complexity index is 904. The molecule has 8 heteroatoms. The number of aliphatic hydroxyl groups is 1. The Morgan fingerprint density at radius 1 is 1.36 bits per heavy atom. The van der Waals surface area contributed by atoms with Gasteiger partial charge < -0.3 is 25.6 Å². The first-order valence-corrected chi connectivity index (χ1v) is 9.19. The van der Waals surface area contributed by atoms with Gasteiger partial charge in [0.1, 0.15) is 17.3 Å². The fraction of sp³-hybridized carbons (Fsp3) is 0.350. The number of amides is 1. The van der Waals surface area contributed by atoms with Crippen LogP contribution in [0.5, 0.6) is 11.5 Å². The van der Waals surface area contributed by atoms with E-state index in [2.05, 4.69) is 10.6 Å². The summed E-state index contributed by atoms with van der Waals surface area (Å²) < 4.78 is 19.5. The molecule has 1 aliphatic heterocycles. The lowest BCUT2D eigenvalue weighted by molar-refractivity contribution is -0.118. The van der Waals surface area contributed by atoms with E-state index in [4.69, 9.17) is 16.3 Å². The van der Waals surface area contributed by atoms with Gasteiger partial charge in [0.25, 0.3) is 5.91 Å². The summed E-state index contributed by atoms with van der Waals surface area (Å²) in [6.07, 6.45) is -0.627. The van der Waals surface area contributed by atoms with Crippen LogP contribution < -0.4 is 15.4 Å². The number of benzene rings is 2. The van der Waals surface area contributed by atoms with Crippen molar-refractivity contribution in [3.8, 4) is 11.5 Å². The van der Waals surface area contributed by atoms with Crippen molar-refractivity contribution in [1.29, 1.82) is 0 Å². The normalized spacial score (nSPS) is 14.8. The third-order valence-electron chi connectivity index (χ3n) is 4.50. The molecule has 1 heterocycles. The fourth-order valence-corrected chi connectivity index (χ4v) is 3.31. The Morgan fingerprint density at radius 3 is 2.82 bits per heavy atom. The van der Waals surface area contributed by atoms with Crippen LogP contribution in [0.3, 0.4) is 0 Å². The molecule has 0 aromatic heterocycles. The highest BCUT2D eigenvalue weighted by atomic mass is 35.5. The lowest BCUT2D eigenvalue weighted by Crippen LogP contribution is -2.43. The van der Waals surface area contributed by atoms with Gasteiger partial charge in [0.05, 0.1) is 11.8 Å². The Kier molecular flexibility index (Phi) is 5.79. The number of hydrogen-bond donors (Lipinski definition) is 4. The van der Waals surface area contributed by atoms with E-state index in [9.17, 15) is 19.4 Å². The molecule has 4 N–H and O–H groups in total. The number of ether oxygens (including phenoxy) is 1. The standard InChI is InChI=1S/C20H22ClFN2O4/c1-20(2,8-11-3-4-12(21)5-15(11)22)23-9-17(26)14-6-13(25)7-16-19(14)28-10-18(27)24-16/h3-7,17,23,25-26H,8-10H2,1-2H3,(H,24,27)/t17-/m0/s1. The smallest absolute Gasteiger partial charge is 0.262 e. The van der Waals surface area contributed by atoms with Gasteiger partial charge in [-0.05, 0) is 44.0 Å². The molecule has 1 aliphatic rings. The molecule has 1 atom stereocenters. The first-order chi connectivity index (χ1) is 13.1. The van der Waals surface area contributed by atoms with Gasteiger partial charge in [-0.3, -0.25) is 4.79 Å². The van der Waals surface area contributed by atoms with Crippen LogP contribution in [-0.4, -0.2) is 34.8 Å². The molecule has 6 nitrogen and oxygen atoms in total. The monoisotopic (exact) mass is 408 g/mol. The molecular formula is C20H22ClFN2O4. The van der Waals surface area contributed by atoms with Crippen LogP contribution in [0, 0.1) is 5.82 Å². The molecule has 1 amide bonds. The van der Waals surface area contributed by atoms with Crippen molar-refractivity contribution in [2.24, 2.45) is 0 Å². The first kappa shape index (κ1) is 20.4. The maximum absolute atomic E-state index is 14.1. The summed E-state index contributed by atoms with van der Waals surface area (Å²) in [6.45, 7) is 3.76. The van der Waals surface area contributed by atoms with Crippen molar-refractivity contribution in [1.82, 2.24) is 5.32 Å². The molecule has 0 bridgehead atoms. The fourth-order valence-electron chi connectivity index (χ4n) is 3.15. The van der Waals surface area contributed by atoms with Crippen LogP contribution in [0.4, 0.5) is 10.1 Å². The summed E-state index contributed by atoms with van der Waals surface area (Å²) in [5.41, 5.74) is 0.655. The van der Waals surface area contributed by atoms with E-state index >= 15 is 0 Å². The summed E-state index contributed by atoms with van der Waals surface area (Å²) >= 11 is 5.79. The molecule has 0 spiro atoms. The number of nitrogens with one attached hydrogen (secondary N) is 2. The number of carbonyl (C=O) groups excluding carboxylic acids is 1. The van der Waals surface area contributed by atoms with Crippen molar-refractivity contribution in [2.75, 3.05) is 18.5 Å². The van der Waals surface area contributed by atoms with Crippen LogP contribution in [0.15, 0.2) is 30.3 Å². The van der Waals surface area contributed by atoms with Crippen molar-refractivity contribution in [3.63, 3.8) is 0 Å². The molecule has 0 radical (unpaired) electrons. The van der Waals surface area contributed by atoms with Crippen LogP contribution in [0.2, 0.25) is 5.02 Å².